The van der Waals surface area contributed by atoms with Crippen LogP contribution in [-0.2, 0) is 20.7 Å². The number of ketones is 1. The van der Waals surface area contributed by atoms with E-state index >= 15 is 0 Å². The third-order valence-corrected chi connectivity index (χ3v) is 5.04. The number of methoxy groups -OCH3 is 1. The van der Waals surface area contributed by atoms with Crippen molar-refractivity contribution in [3.8, 4) is 0 Å². The summed E-state index contributed by atoms with van der Waals surface area (Å²) in [5, 5.41) is 0. The Hall–Kier alpha value is -2.44. The minimum Gasteiger partial charge on any atom is -0.467 e. The van der Waals surface area contributed by atoms with Crippen LogP contribution in [0.1, 0.15) is 62.5 Å². The Morgan fingerprint density at radius 1 is 1.07 bits per heavy atom. The van der Waals surface area contributed by atoms with Crippen LogP contribution in [0.3, 0.4) is 0 Å². The van der Waals surface area contributed by atoms with Gasteiger partial charge < -0.3 is 4.74 Å². The summed E-state index contributed by atoms with van der Waals surface area (Å²) >= 11 is 0. The monoisotopic (exact) mass is 423 g/mol. The van der Waals surface area contributed by atoms with Crippen molar-refractivity contribution in [1.82, 2.24) is 0 Å². The second kappa shape index (κ2) is 11.7. The number of halogens is 3. The number of hydrogen-bond donors (Lipinski definition) is 0. The topological polar surface area (TPSA) is 55.7 Å². The molecule has 0 aliphatic carbocycles. The molecule has 0 radical (unpaired) electrons. The quantitative estimate of drug-likeness (QED) is 0.269. The van der Waals surface area contributed by atoms with Gasteiger partial charge >= 0.3 is 12.1 Å². The Labute approximate surface area is 175 Å². The maximum Gasteiger partial charge on any atom is 0.389 e. The number of dihydropyridines is 1. The van der Waals surface area contributed by atoms with E-state index in [4.69, 9.17) is 0 Å². The molecule has 0 amide bonds. The number of allylic oxidation sites excluding steroid dienone is 1. The van der Waals surface area contributed by atoms with Crippen LogP contribution in [0.5, 0.6) is 0 Å². The smallest absolute Gasteiger partial charge is 0.389 e. The van der Waals surface area contributed by atoms with Crippen molar-refractivity contribution >= 4 is 23.5 Å². The second-order valence-electron chi connectivity index (χ2n) is 7.50. The predicted molar refractivity (Wildman–Crippen MR) is 110 cm³/mol. The molecule has 1 unspecified atom stereocenters. The number of carbonyl (C=O) groups is 2. The minimum atomic E-state index is -4.04. The van der Waals surface area contributed by atoms with Crippen molar-refractivity contribution in [3.63, 3.8) is 0 Å². The lowest BCUT2D eigenvalue weighted by Gasteiger charge is -2.13. The van der Waals surface area contributed by atoms with Gasteiger partial charge in [-0.2, -0.15) is 13.2 Å². The van der Waals surface area contributed by atoms with Crippen LogP contribution in [0.4, 0.5) is 13.2 Å². The molecule has 1 atom stereocenters. The molecule has 0 fully saturated rings. The average Bonchev–Trinajstić information content (AvgIpc) is 2.71. The first-order valence-corrected chi connectivity index (χ1v) is 10.3. The Kier molecular flexibility index (Phi) is 9.27. The average molecular weight is 423 g/mol. The highest BCUT2D eigenvalue weighted by atomic mass is 19.4. The summed E-state index contributed by atoms with van der Waals surface area (Å²) < 4.78 is 40.8. The number of esters is 1. The second-order valence-corrected chi connectivity index (χ2v) is 7.50. The fourth-order valence-corrected chi connectivity index (χ4v) is 3.39. The van der Waals surface area contributed by atoms with Gasteiger partial charge in [0.1, 0.15) is 0 Å². The molecule has 164 valence electrons. The fraction of sp³-hybridized carbons (Fsp3) is 0.522. The van der Waals surface area contributed by atoms with Gasteiger partial charge in [-0.25, -0.2) is 4.79 Å². The first kappa shape index (κ1) is 23.8. The van der Waals surface area contributed by atoms with Crippen LogP contribution in [0.25, 0.3) is 5.57 Å². The normalized spacial score (nSPS) is 16.5. The maximum absolute atomic E-state index is 12.1. The SMILES string of the molecule is COC(=O)C1N=CC(c2cccc(CCCCCCCCCC(F)(F)F)c2)=CC1=O. The zero-order valence-corrected chi connectivity index (χ0v) is 17.2. The molecule has 4 nitrogen and oxygen atoms in total. The number of carbonyl (C=O) groups excluding carboxylic acids is 2. The van der Waals surface area contributed by atoms with Gasteiger partial charge in [-0.1, -0.05) is 56.4 Å². The number of alkyl halides is 3. The molecule has 2 rings (SSSR count). The standard InChI is InChI=1S/C23H28F3NO3/c1-30-22(29)21-20(28)15-19(16-27-21)18-12-9-11-17(14-18)10-7-5-3-2-4-6-8-13-23(24,25)26/h9,11-12,14-16,21H,2-8,10,13H2,1H3. The summed E-state index contributed by atoms with van der Waals surface area (Å²) in [4.78, 5) is 27.7. The van der Waals surface area contributed by atoms with Crippen LogP contribution in [-0.4, -0.2) is 37.3 Å². The van der Waals surface area contributed by atoms with Gasteiger partial charge in [0.2, 0.25) is 6.04 Å². The molecule has 30 heavy (non-hydrogen) atoms. The number of nitrogens with zero attached hydrogens (tertiary/aromatic N) is 1. The molecule has 0 bridgehead atoms. The van der Waals surface area contributed by atoms with Crippen LogP contribution in [0.2, 0.25) is 0 Å². The molecule has 0 aromatic heterocycles. The Balaban J connectivity index is 1.72. The number of unbranched alkanes of at least 4 members (excludes halogenated alkanes) is 6. The zero-order valence-electron chi connectivity index (χ0n) is 17.2. The summed E-state index contributed by atoms with van der Waals surface area (Å²) in [5.74, 6) is -1.05. The highest BCUT2D eigenvalue weighted by Gasteiger charge is 2.28. The van der Waals surface area contributed by atoms with E-state index in [0.717, 1.165) is 49.7 Å². The van der Waals surface area contributed by atoms with E-state index in [-0.39, 0.29) is 12.2 Å². The molecule has 0 saturated carbocycles. The summed E-state index contributed by atoms with van der Waals surface area (Å²) in [5.41, 5.74) is 2.69. The number of hydrogen-bond acceptors (Lipinski definition) is 4. The number of ether oxygens (including phenoxy) is 1. The van der Waals surface area contributed by atoms with E-state index in [1.54, 1.807) is 0 Å². The molecule has 0 saturated heterocycles. The first-order chi connectivity index (χ1) is 14.3. The van der Waals surface area contributed by atoms with E-state index < -0.39 is 24.6 Å². The Morgan fingerprint density at radius 2 is 1.73 bits per heavy atom. The van der Waals surface area contributed by atoms with E-state index in [9.17, 15) is 22.8 Å². The summed E-state index contributed by atoms with van der Waals surface area (Å²) in [7, 11) is 1.22. The number of rotatable bonds is 11. The molecule has 0 N–H and O–H groups in total. The molecule has 1 aromatic rings. The van der Waals surface area contributed by atoms with Gasteiger partial charge in [-0.05, 0) is 36.5 Å². The van der Waals surface area contributed by atoms with Gasteiger partial charge in [0.05, 0.1) is 7.11 Å². The number of aryl methyl sites for hydroxylation is 1. The zero-order chi connectivity index (χ0) is 22.0. The van der Waals surface area contributed by atoms with Crippen LogP contribution in [0, 0.1) is 0 Å². The Bertz CT molecular complexity index is 784. The van der Waals surface area contributed by atoms with E-state index in [1.165, 1.54) is 19.4 Å². The van der Waals surface area contributed by atoms with Crippen molar-refractivity contribution in [1.29, 1.82) is 0 Å². The van der Waals surface area contributed by atoms with Gasteiger partial charge in [0, 0.05) is 18.2 Å². The summed E-state index contributed by atoms with van der Waals surface area (Å²) in [6.07, 6.45) is 4.85. The largest absolute Gasteiger partial charge is 0.467 e. The molecule has 1 heterocycles. The molecule has 0 spiro atoms. The lowest BCUT2D eigenvalue weighted by Crippen LogP contribution is -2.30. The molecule has 1 aliphatic heterocycles. The van der Waals surface area contributed by atoms with Crippen molar-refractivity contribution in [3.05, 3.63) is 41.5 Å². The van der Waals surface area contributed by atoms with E-state index in [0.29, 0.717) is 12.0 Å². The Morgan fingerprint density at radius 3 is 2.37 bits per heavy atom. The van der Waals surface area contributed by atoms with Crippen molar-refractivity contribution in [2.75, 3.05) is 7.11 Å². The van der Waals surface area contributed by atoms with E-state index in [1.807, 2.05) is 24.3 Å². The van der Waals surface area contributed by atoms with Crippen LogP contribution >= 0.6 is 0 Å². The van der Waals surface area contributed by atoms with Crippen LogP contribution < -0.4 is 0 Å². The number of benzene rings is 1. The predicted octanol–water partition coefficient (Wildman–Crippen LogP) is 5.49. The van der Waals surface area contributed by atoms with Crippen LogP contribution in [0.15, 0.2) is 35.3 Å². The van der Waals surface area contributed by atoms with Gasteiger partial charge in [-0.3, -0.25) is 9.79 Å². The van der Waals surface area contributed by atoms with Gasteiger partial charge in [0.15, 0.2) is 5.78 Å². The molecular formula is C23H28F3NO3. The lowest BCUT2D eigenvalue weighted by atomic mass is 9.97. The lowest BCUT2D eigenvalue weighted by molar-refractivity contribution is -0.144. The minimum absolute atomic E-state index is 0.221. The molecule has 7 heteroatoms. The third kappa shape index (κ3) is 8.13. The highest BCUT2D eigenvalue weighted by Crippen LogP contribution is 2.23. The van der Waals surface area contributed by atoms with Gasteiger partial charge in [-0.15, -0.1) is 0 Å². The fourth-order valence-electron chi connectivity index (χ4n) is 3.39. The van der Waals surface area contributed by atoms with Crippen molar-refractivity contribution < 1.29 is 27.5 Å². The molecule has 1 aliphatic rings. The molecular weight excluding hydrogens is 395 g/mol. The third-order valence-electron chi connectivity index (χ3n) is 5.04. The van der Waals surface area contributed by atoms with Gasteiger partial charge in [0.25, 0.3) is 0 Å². The maximum atomic E-state index is 12.1. The first-order valence-electron chi connectivity index (χ1n) is 10.3. The summed E-state index contributed by atoms with van der Waals surface area (Å²) in [6, 6.07) is 6.75. The highest BCUT2D eigenvalue weighted by molar-refractivity contribution is 6.24. The van der Waals surface area contributed by atoms with Crippen molar-refractivity contribution in [2.45, 2.75) is 70.0 Å². The van der Waals surface area contributed by atoms with E-state index in [2.05, 4.69) is 9.73 Å². The summed E-state index contributed by atoms with van der Waals surface area (Å²) in [6.45, 7) is 0. The molecule has 1 aromatic carbocycles. The van der Waals surface area contributed by atoms with Crippen molar-refractivity contribution in [2.24, 2.45) is 4.99 Å². The number of aliphatic imine (C=N–C) groups is 1.